The number of amides is 3. The summed E-state index contributed by atoms with van der Waals surface area (Å²) in [6, 6.07) is -1.55. The van der Waals surface area contributed by atoms with Crippen LogP contribution in [0, 0.1) is 0 Å². The molecule has 0 bridgehead atoms. The fraction of sp³-hybridized carbons (Fsp3) is 0.778. The standard InChI is InChI=1S/C9H19N3O3/c1-5(4-6(2)13)11-8(14)7(3)12-9(10)15/h5-7,13H,4H2,1-3H3,(H,11,14)(H3,10,12,15). The average molecular weight is 217 g/mol. The Labute approximate surface area is 89.2 Å². The number of rotatable bonds is 5. The smallest absolute Gasteiger partial charge is 0.312 e. The van der Waals surface area contributed by atoms with E-state index in [0.29, 0.717) is 6.42 Å². The van der Waals surface area contributed by atoms with Crippen molar-refractivity contribution in [3.05, 3.63) is 0 Å². The van der Waals surface area contributed by atoms with Gasteiger partial charge in [-0.05, 0) is 27.2 Å². The topological polar surface area (TPSA) is 104 Å². The first-order valence-electron chi connectivity index (χ1n) is 4.87. The summed E-state index contributed by atoms with van der Waals surface area (Å²) in [7, 11) is 0. The maximum atomic E-state index is 11.4. The third-order valence-corrected chi connectivity index (χ3v) is 1.84. The van der Waals surface area contributed by atoms with E-state index in [2.05, 4.69) is 10.6 Å². The molecule has 0 aliphatic carbocycles. The van der Waals surface area contributed by atoms with Gasteiger partial charge in [-0.15, -0.1) is 0 Å². The largest absolute Gasteiger partial charge is 0.393 e. The second-order valence-corrected chi connectivity index (χ2v) is 3.72. The van der Waals surface area contributed by atoms with Crippen LogP contribution >= 0.6 is 0 Å². The van der Waals surface area contributed by atoms with Gasteiger partial charge >= 0.3 is 6.03 Å². The van der Waals surface area contributed by atoms with Crippen LogP contribution in [0.4, 0.5) is 4.79 Å². The highest BCUT2D eigenvalue weighted by atomic mass is 16.3. The van der Waals surface area contributed by atoms with Crippen molar-refractivity contribution >= 4 is 11.9 Å². The van der Waals surface area contributed by atoms with E-state index < -0.39 is 18.2 Å². The van der Waals surface area contributed by atoms with Crippen molar-refractivity contribution in [3.8, 4) is 0 Å². The number of aliphatic hydroxyl groups is 1. The van der Waals surface area contributed by atoms with E-state index >= 15 is 0 Å². The zero-order valence-corrected chi connectivity index (χ0v) is 9.28. The Morgan fingerprint density at radius 3 is 2.20 bits per heavy atom. The van der Waals surface area contributed by atoms with Crippen LogP contribution in [0.3, 0.4) is 0 Å². The summed E-state index contributed by atoms with van der Waals surface area (Å²) in [4.78, 5) is 21.9. The molecule has 0 saturated carbocycles. The number of nitrogens with one attached hydrogen (secondary N) is 2. The second kappa shape index (κ2) is 6.23. The normalized spacial score (nSPS) is 16.3. The van der Waals surface area contributed by atoms with Crippen LogP contribution < -0.4 is 16.4 Å². The molecule has 3 amide bonds. The fourth-order valence-corrected chi connectivity index (χ4v) is 1.22. The summed E-state index contributed by atoms with van der Waals surface area (Å²) < 4.78 is 0. The van der Waals surface area contributed by atoms with Crippen LogP contribution in [0.1, 0.15) is 27.2 Å². The number of hydrogen-bond donors (Lipinski definition) is 4. The molecular formula is C9H19N3O3. The third kappa shape index (κ3) is 6.73. The zero-order valence-electron chi connectivity index (χ0n) is 9.28. The van der Waals surface area contributed by atoms with Crippen LogP contribution in [0.5, 0.6) is 0 Å². The Morgan fingerprint density at radius 2 is 1.80 bits per heavy atom. The molecule has 88 valence electrons. The predicted octanol–water partition coefficient (Wildman–Crippen LogP) is -0.681. The summed E-state index contributed by atoms with van der Waals surface area (Å²) in [5, 5.41) is 14.0. The SMILES string of the molecule is CC(O)CC(C)NC(=O)C(C)NC(N)=O. The van der Waals surface area contributed by atoms with E-state index in [0.717, 1.165) is 0 Å². The molecule has 0 spiro atoms. The maximum Gasteiger partial charge on any atom is 0.312 e. The molecular weight excluding hydrogens is 198 g/mol. The monoisotopic (exact) mass is 217 g/mol. The number of aliphatic hydroxyl groups excluding tert-OH is 1. The molecule has 6 heteroatoms. The van der Waals surface area contributed by atoms with Gasteiger partial charge in [-0.3, -0.25) is 4.79 Å². The Morgan fingerprint density at radius 1 is 1.27 bits per heavy atom. The summed E-state index contributed by atoms with van der Waals surface area (Å²) >= 11 is 0. The molecule has 3 unspecified atom stereocenters. The van der Waals surface area contributed by atoms with Crippen LogP contribution in [0.2, 0.25) is 0 Å². The van der Waals surface area contributed by atoms with Crippen molar-refractivity contribution in [3.63, 3.8) is 0 Å². The molecule has 3 atom stereocenters. The van der Waals surface area contributed by atoms with E-state index in [-0.39, 0.29) is 11.9 Å². The van der Waals surface area contributed by atoms with Crippen molar-refractivity contribution in [1.29, 1.82) is 0 Å². The Hall–Kier alpha value is -1.30. The maximum absolute atomic E-state index is 11.4. The first-order valence-corrected chi connectivity index (χ1v) is 4.87. The van der Waals surface area contributed by atoms with Crippen molar-refractivity contribution in [1.82, 2.24) is 10.6 Å². The molecule has 0 aromatic rings. The lowest BCUT2D eigenvalue weighted by Crippen LogP contribution is -2.49. The molecule has 0 aliphatic rings. The van der Waals surface area contributed by atoms with Gasteiger partial charge in [-0.1, -0.05) is 0 Å². The van der Waals surface area contributed by atoms with Gasteiger partial charge < -0.3 is 21.5 Å². The van der Waals surface area contributed by atoms with Gasteiger partial charge in [0.2, 0.25) is 5.91 Å². The quantitative estimate of drug-likeness (QED) is 0.490. The van der Waals surface area contributed by atoms with Crippen LogP contribution in [-0.4, -0.2) is 35.2 Å². The van der Waals surface area contributed by atoms with Gasteiger partial charge in [0.25, 0.3) is 0 Å². The lowest BCUT2D eigenvalue weighted by molar-refractivity contribution is -0.123. The number of urea groups is 1. The molecule has 0 rings (SSSR count). The molecule has 0 saturated heterocycles. The highest BCUT2D eigenvalue weighted by molar-refractivity contribution is 5.86. The minimum atomic E-state index is -0.735. The molecule has 0 aliphatic heterocycles. The average Bonchev–Trinajstić information content (AvgIpc) is 2.00. The first-order chi connectivity index (χ1) is 6.82. The van der Waals surface area contributed by atoms with Crippen LogP contribution in [-0.2, 0) is 4.79 Å². The van der Waals surface area contributed by atoms with E-state index in [9.17, 15) is 9.59 Å². The van der Waals surface area contributed by atoms with Gasteiger partial charge in [0.05, 0.1) is 6.10 Å². The van der Waals surface area contributed by atoms with Crippen LogP contribution in [0.25, 0.3) is 0 Å². The third-order valence-electron chi connectivity index (χ3n) is 1.84. The predicted molar refractivity (Wildman–Crippen MR) is 56.1 cm³/mol. The molecule has 0 aromatic carbocycles. The second-order valence-electron chi connectivity index (χ2n) is 3.72. The molecule has 6 nitrogen and oxygen atoms in total. The van der Waals surface area contributed by atoms with Crippen molar-refractivity contribution in [2.75, 3.05) is 0 Å². The van der Waals surface area contributed by atoms with Gasteiger partial charge in [0.15, 0.2) is 0 Å². The zero-order chi connectivity index (χ0) is 12.0. The van der Waals surface area contributed by atoms with E-state index in [4.69, 9.17) is 10.8 Å². The van der Waals surface area contributed by atoms with E-state index in [1.165, 1.54) is 6.92 Å². The first kappa shape index (κ1) is 13.7. The highest BCUT2D eigenvalue weighted by Gasteiger charge is 2.16. The molecule has 0 fully saturated rings. The highest BCUT2D eigenvalue weighted by Crippen LogP contribution is 1.97. The molecule has 5 N–H and O–H groups in total. The van der Waals surface area contributed by atoms with E-state index in [1.54, 1.807) is 13.8 Å². The van der Waals surface area contributed by atoms with Gasteiger partial charge in [-0.2, -0.15) is 0 Å². The number of carbonyl (C=O) groups is 2. The molecule has 15 heavy (non-hydrogen) atoms. The number of carbonyl (C=O) groups excluding carboxylic acids is 2. The fourth-order valence-electron chi connectivity index (χ4n) is 1.22. The lowest BCUT2D eigenvalue weighted by atomic mass is 10.1. The van der Waals surface area contributed by atoms with Crippen molar-refractivity contribution in [2.24, 2.45) is 5.73 Å². The van der Waals surface area contributed by atoms with Crippen molar-refractivity contribution < 1.29 is 14.7 Å². The Bertz CT molecular complexity index is 231. The lowest BCUT2D eigenvalue weighted by Gasteiger charge is -2.18. The van der Waals surface area contributed by atoms with Gasteiger partial charge in [0.1, 0.15) is 6.04 Å². The van der Waals surface area contributed by atoms with Crippen molar-refractivity contribution in [2.45, 2.75) is 45.4 Å². The number of hydrogen-bond acceptors (Lipinski definition) is 3. The minimum Gasteiger partial charge on any atom is -0.393 e. The number of nitrogens with two attached hydrogens (primary N) is 1. The molecule has 0 radical (unpaired) electrons. The summed E-state index contributed by atoms with van der Waals surface area (Å²) in [5.74, 6) is -0.318. The van der Waals surface area contributed by atoms with Gasteiger partial charge in [0, 0.05) is 6.04 Å². The Balaban J connectivity index is 3.95. The van der Waals surface area contributed by atoms with Crippen LogP contribution in [0.15, 0.2) is 0 Å². The van der Waals surface area contributed by atoms with Gasteiger partial charge in [-0.25, -0.2) is 4.79 Å². The Kier molecular flexibility index (Phi) is 5.69. The number of primary amides is 1. The molecule has 0 aromatic heterocycles. The minimum absolute atomic E-state index is 0.144. The molecule has 0 heterocycles. The summed E-state index contributed by atoms with van der Waals surface area (Å²) in [5.41, 5.74) is 4.87. The summed E-state index contributed by atoms with van der Waals surface area (Å²) in [6.45, 7) is 4.96. The van der Waals surface area contributed by atoms with E-state index in [1.807, 2.05) is 0 Å². The summed E-state index contributed by atoms with van der Waals surface area (Å²) in [6.07, 6.45) is -0.00520.